The van der Waals surface area contributed by atoms with E-state index in [4.69, 9.17) is 4.74 Å². The van der Waals surface area contributed by atoms with E-state index in [-0.39, 0.29) is 16.7 Å². The number of hydrogen-bond acceptors (Lipinski definition) is 6. The summed E-state index contributed by atoms with van der Waals surface area (Å²) < 4.78 is 19.0. The highest BCUT2D eigenvalue weighted by Gasteiger charge is 2.43. The maximum absolute atomic E-state index is 14.1. The monoisotopic (exact) mass is 431 g/mol. The van der Waals surface area contributed by atoms with Gasteiger partial charge in [-0.2, -0.15) is 0 Å². The number of anilines is 2. The van der Waals surface area contributed by atoms with Gasteiger partial charge in [-0.1, -0.05) is 25.0 Å². The third-order valence-corrected chi connectivity index (χ3v) is 5.75. The van der Waals surface area contributed by atoms with E-state index in [2.05, 4.69) is 10.3 Å². The largest absolute Gasteiger partial charge is 0.467 e. The molecule has 1 heterocycles. The highest BCUT2D eigenvalue weighted by atomic mass is 32.1. The van der Waals surface area contributed by atoms with Crippen molar-refractivity contribution in [1.29, 1.82) is 0 Å². The molecule has 1 aliphatic carbocycles. The summed E-state index contributed by atoms with van der Waals surface area (Å²) in [5, 5.41) is 4.70. The van der Waals surface area contributed by atoms with Crippen LogP contribution in [0.2, 0.25) is 0 Å². The molecule has 0 bridgehead atoms. The van der Waals surface area contributed by atoms with Crippen LogP contribution in [0.1, 0.15) is 38.3 Å². The Morgan fingerprint density at radius 3 is 2.60 bits per heavy atom. The second kappa shape index (κ2) is 9.17. The molecule has 1 aromatic carbocycles. The summed E-state index contributed by atoms with van der Waals surface area (Å²) in [6.45, 7) is 1.32. The summed E-state index contributed by atoms with van der Waals surface area (Å²) in [5.74, 6) is -1.80. The maximum Gasteiger partial charge on any atom is 0.331 e. The molecule has 3 rings (SSSR count). The van der Waals surface area contributed by atoms with Crippen LogP contribution in [0.5, 0.6) is 0 Å². The number of halogens is 1. The number of methoxy groups -OCH3 is 1. The normalized spacial score (nSPS) is 15.2. The van der Waals surface area contributed by atoms with E-state index in [0.29, 0.717) is 18.5 Å². The zero-order valence-electron chi connectivity index (χ0n) is 16.7. The summed E-state index contributed by atoms with van der Waals surface area (Å²) >= 11 is 1.15. The smallest absolute Gasteiger partial charge is 0.331 e. The Morgan fingerprint density at radius 2 is 1.97 bits per heavy atom. The highest BCUT2D eigenvalue weighted by Crippen LogP contribution is 2.32. The molecule has 0 radical (unpaired) electrons. The third kappa shape index (κ3) is 4.56. The Hall–Kier alpha value is -3.07. The Morgan fingerprint density at radius 1 is 1.27 bits per heavy atom. The predicted octanol–water partition coefficient (Wildman–Crippen LogP) is 3.58. The van der Waals surface area contributed by atoms with E-state index >= 15 is 0 Å². The topological polar surface area (TPSA) is 88.6 Å². The fourth-order valence-electron chi connectivity index (χ4n) is 3.49. The standard InChI is InChI=1S/C21H22FN3O4S/c1-14(26)25(17-8-4-3-7-16(17)22)20-23-15(13-30-20)9-10-18(27)24-21(19(28)29-2)11-5-6-12-21/h3-4,7-10,13H,5-6,11-12H2,1-2H3,(H,24,27)/b10-9+. The second-order valence-corrected chi connectivity index (χ2v) is 7.80. The van der Waals surface area contributed by atoms with Gasteiger partial charge in [0.15, 0.2) is 5.13 Å². The van der Waals surface area contributed by atoms with E-state index in [1.165, 1.54) is 49.3 Å². The Labute approximate surface area is 177 Å². The molecule has 1 aromatic heterocycles. The minimum atomic E-state index is -0.986. The lowest BCUT2D eigenvalue weighted by atomic mass is 9.97. The molecule has 0 aliphatic heterocycles. The van der Waals surface area contributed by atoms with Gasteiger partial charge in [0.1, 0.15) is 11.4 Å². The van der Waals surface area contributed by atoms with Crippen molar-refractivity contribution in [2.75, 3.05) is 12.0 Å². The quantitative estimate of drug-likeness (QED) is 0.558. The first kappa shape index (κ1) is 21.6. The Balaban J connectivity index is 1.75. The minimum absolute atomic E-state index is 0.105. The van der Waals surface area contributed by atoms with Gasteiger partial charge in [0, 0.05) is 18.4 Å². The average Bonchev–Trinajstić information content (AvgIpc) is 3.38. The van der Waals surface area contributed by atoms with Gasteiger partial charge in [-0.25, -0.2) is 14.2 Å². The van der Waals surface area contributed by atoms with Crippen LogP contribution in [0.3, 0.4) is 0 Å². The number of aromatic nitrogens is 1. The molecule has 0 spiro atoms. The number of nitrogens with one attached hydrogen (secondary N) is 1. The number of carbonyl (C=O) groups is 3. The Kier molecular flexibility index (Phi) is 6.61. The zero-order chi connectivity index (χ0) is 21.7. The van der Waals surface area contributed by atoms with Crippen molar-refractivity contribution in [1.82, 2.24) is 10.3 Å². The second-order valence-electron chi connectivity index (χ2n) is 6.96. The van der Waals surface area contributed by atoms with Gasteiger partial charge in [-0.05, 0) is 31.1 Å². The summed E-state index contributed by atoms with van der Waals surface area (Å²) in [6.07, 6.45) is 5.52. The number of ether oxygens (including phenoxy) is 1. The van der Waals surface area contributed by atoms with Gasteiger partial charge in [0.05, 0.1) is 18.5 Å². The molecule has 1 N–H and O–H groups in total. The first-order valence-corrected chi connectivity index (χ1v) is 10.3. The van der Waals surface area contributed by atoms with Crippen LogP contribution in [0.25, 0.3) is 6.08 Å². The maximum atomic E-state index is 14.1. The van der Waals surface area contributed by atoms with Gasteiger partial charge in [0.25, 0.3) is 0 Å². The molecule has 1 saturated carbocycles. The van der Waals surface area contributed by atoms with Crippen molar-refractivity contribution >= 4 is 46.0 Å². The molecule has 158 valence electrons. The van der Waals surface area contributed by atoms with Crippen molar-refractivity contribution in [3.8, 4) is 0 Å². The summed E-state index contributed by atoms with van der Waals surface area (Å²) in [5.41, 5.74) is -0.445. The molecule has 1 fully saturated rings. The lowest BCUT2D eigenvalue weighted by Gasteiger charge is -2.26. The number of thiazole rings is 1. The molecule has 9 heteroatoms. The molecular weight excluding hydrogens is 409 g/mol. The minimum Gasteiger partial charge on any atom is -0.467 e. The molecule has 2 amide bonds. The summed E-state index contributed by atoms with van der Waals surface area (Å²) in [6, 6.07) is 5.93. The van der Waals surface area contributed by atoms with E-state index in [1.54, 1.807) is 11.4 Å². The predicted molar refractivity (Wildman–Crippen MR) is 112 cm³/mol. The van der Waals surface area contributed by atoms with E-state index in [0.717, 1.165) is 24.2 Å². The molecule has 2 aromatic rings. The van der Waals surface area contributed by atoms with Crippen molar-refractivity contribution < 1.29 is 23.5 Å². The van der Waals surface area contributed by atoms with E-state index in [9.17, 15) is 18.8 Å². The van der Waals surface area contributed by atoms with Gasteiger partial charge in [-0.3, -0.25) is 14.5 Å². The van der Waals surface area contributed by atoms with Crippen LogP contribution in [-0.2, 0) is 19.1 Å². The number of benzene rings is 1. The first-order valence-electron chi connectivity index (χ1n) is 9.46. The van der Waals surface area contributed by atoms with E-state index < -0.39 is 23.2 Å². The highest BCUT2D eigenvalue weighted by molar-refractivity contribution is 7.14. The van der Waals surface area contributed by atoms with Crippen LogP contribution in [0.15, 0.2) is 35.7 Å². The van der Waals surface area contributed by atoms with Crippen LogP contribution in [0, 0.1) is 5.82 Å². The van der Waals surface area contributed by atoms with Gasteiger partial charge in [0.2, 0.25) is 11.8 Å². The van der Waals surface area contributed by atoms with Gasteiger partial charge in [-0.15, -0.1) is 11.3 Å². The fourth-order valence-corrected chi connectivity index (χ4v) is 4.34. The van der Waals surface area contributed by atoms with Crippen LogP contribution >= 0.6 is 11.3 Å². The first-order chi connectivity index (χ1) is 14.4. The SMILES string of the molecule is COC(=O)C1(NC(=O)/C=C/c2csc(N(C(C)=O)c3ccccc3F)n2)CCCC1. The number of amides is 2. The lowest BCUT2D eigenvalue weighted by Crippen LogP contribution is -2.52. The zero-order valence-corrected chi connectivity index (χ0v) is 17.5. The lowest BCUT2D eigenvalue weighted by molar-refractivity contribution is -0.150. The third-order valence-electron chi connectivity index (χ3n) is 4.91. The van der Waals surface area contributed by atoms with Gasteiger partial charge < -0.3 is 10.1 Å². The number of nitrogens with zero attached hydrogens (tertiary/aromatic N) is 2. The molecule has 0 saturated heterocycles. The fraction of sp³-hybridized carbons (Fsp3) is 0.333. The summed E-state index contributed by atoms with van der Waals surface area (Å²) in [4.78, 5) is 42.1. The number of rotatable bonds is 6. The van der Waals surface area contributed by atoms with Crippen molar-refractivity contribution in [3.63, 3.8) is 0 Å². The summed E-state index contributed by atoms with van der Waals surface area (Å²) in [7, 11) is 1.30. The number of esters is 1. The number of carbonyl (C=O) groups excluding carboxylic acids is 3. The van der Waals surface area contributed by atoms with E-state index in [1.807, 2.05) is 0 Å². The molecule has 7 nitrogen and oxygen atoms in total. The van der Waals surface area contributed by atoms with Crippen LogP contribution in [0.4, 0.5) is 15.2 Å². The number of hydrogen-bond donors (Lipinski definition) is 1. The molecular formula is C21H22FN3O4S. The van der Waals surface area contributed by atoms with Crippen LogP contribution in [-0.4, -0.2) is 35.4 Å². The molecule has 0 atom stereocenters. The van der Waals surface area contributed by atoms with Crippen LogP contribution < -0.4 is 10.2 Å². The Bertz CT molecular complexity index is 982. The van der Waals surface area contributed by atoms with Gasteiger partial charge >= 0.3 is 5.97 Å². The number of para-hydroxylation sites is 1. The van der Waals surface area contributed by atoms with Crippen molar-refractivity contribution in [2.45, 2.75) is 38.1 Å². The van der Waals surface area contributed by atoms with Crippen molar-refractivity contribution in [2.24, 2.45) is 0 Å². The molecule has 0 unspecified atom stereocenters. The average molecular weight is 431 g/mol. The van der Waals surface area contributed by atoms with Crippen molar-refractivity contribution in [3.05, 3.63) is 47.2 Å². The molecule has 30 heavy (non-hydrogen) atoms. The molecule has 1 aliphatic rings.